The highest BCUT2D eigenvalue weighted by molar-refractivity contribution is 6.30. The lowest BCUT2D eigenvalue weighted by Crippen LogP contribution is -2.66. The summed E-state index contributed by atoms with van der Waals surface area (Å²) in [5, 5.41) is 23.1. The number of fused-ring (bicyclic) bond motifs is 7. The zero-order valence-corrected chi connectivity index (χ0v) is 37.7. The van der Waals surface area contributed by atoms with Crippen LogP contribution in [-0.4, -0.2) is 83.7 Å². The SMILES string of the molecule is CC(C)C1=C2[C@@H]3CC[C@@H]4[C@@]5(C)CC[C@H](OC(=O)CC(C)(C)C(=O)O)C(C)(C)[C@@H]5CC[C@@]4(C)C3(C)CC[C@]2([C@@H](O)CN(CCN(C)C)Cc2cccc(Cl)c2)CC1=O. The number of hydrogen-bond acceptors (Lipinski definition) is 7. The van der Waals surface area contributed by atoms with Gasteiger partial charge in [0, 0.05) is 48.5 Å². The zero-order valence-electron chi connectivity index (χ0n) is 37.0. The molecule has 5 aliphatic carbocycles. The Balaban J connectivity index is 1.29. The van der Waals surface area contributed by atoms with Gasteiger partial charge in [-0.2, -0.15) is 0 Å². The minimum Gasteiger partial charge on any atom is -0.481 e. The van der Waals surface area contributed by atoms with Gasteiger partial charge in [-0.1, -0.05) is 77.8 Å². The van der Waals surface area contributed by atoms with Gasteiger partial charge in [-0.3, -0.25) is 19.3 Å². The summed E-state index contributed by atoms with van der Waals surface area (Å²) < 4.78 is 6.20. The first-order chi connectivity index (χ1) is 26.4. The Morgan fingerprint density at radius 2 is 1.65 bits per heavy atom. The number of carboxylic acid groups (broad SMARTS) is 1. The highest BCUT2D eigenvalue weighted by Gasteiger charge is 2.71. The van der Waals surface area contributed by atoms with Gasteiger partial charge in [0.1, 0.15) is 6.10 Å². The number of Topliss-reactive ketones (excluding diaryl/α,β-unsaturated/α-hetero) is 1. The number of esters is 1. The number of ether oxygens (including phenoxy) is 1. The van der Waals surface area contributed by atoms with E-state index in [1.54, 1.807) is 13.8 Å². The van der Waals surface area contributed by atoms with Gasteiger partial charge in [0.15, 0.2) is 5.78 Å². The summed E-state index contributed by atoms with van der Waals surface area (Å²) >= 11 is 6.41. The number of carbonyl (C=O) groups is 3. The second-order valence-electron chi connectivity index (χ2n) is 21.7. The van der Waals surface area contributed by atoms with E-state index in [2.05, 4.69) is 78.4 Å². The highest BCUT2D eigenvalue weighted by atomic mass is 35.5. The Kier molecular flexibility index (Phi) is 12.2. The number of aliphatic hydroxyl groups is 1. The summed E-state index contributed by atoms with van der Waals surface area (Å²) in [6.07, 6.45) is 7.11. The van der Waals surface area contributed by atoms with Crippen molar-refractivity contribution in [3.63, 3.8) is 0 Å². The molecule has 0 heterocycles. The number of benzene rings is 1. The van der Waals surface area contributed by atoms with E-state index in [0.717, 1.165) is 75.6 Å². The second kappa shape index (κ2) is 15.6. The van der Waals surface area contributed by atoms with Crippen molar-refractivity contribution in [3.05, 3.63) is 46.0 Å². The molecule has 0 radical (unpaired) electrons. The van der Waals surface area contributed by atoms with Gasteiger partial charge in [0.05, 0.1) is 17.9 Å². The lowest BCUT2D eigenvalue weighted by atomic mass is 9.33. The first-order valence-electron chi connectivity index (χ1n) is 21.9. The molecule has 2 N–H and O–H groups in total. The van der Waals surface area contributed by atoms with Crippen molar-refractivity contribution in [2.45, 2.75) is 145 Å². The van der Waals surface area contributed by atoms with Crippen LogP contribution in [0.2, 0.25) is 5.02 Å². The normalized spacial score (nSPS) is 35.5. The molecule has 1 aromatic rings. The quantitative estimate of drug-likeness (QED) is 0.190. The third kappa shape index (κ3) is 7.58. The molecular weight excluding hydrogens is 736 g/mol. The third-order valence-electron chi connectivity index (χ3n) is 17.1. The van der Waals surface area contributed by atoms with Crippen LogP contribution in [0.4, 0.5) is 0 Å². The summed E-state index contributed by atoms with van der Waals surface area (Å²) in [6, 6.07) is 8.00. The molecule has 4 fully saturated rings. The van der Waals surface area contributed by atoms with Gasteiger partial charge in [0.2, 0.25) is 0 Å². The molecule has 0 saturated heterocycles. The van der Waals surface area contributed by atoms with Crippen molar-refractivity contribution in [3.8, 4) is 0 Å². The first-order valence-corrected chi connectivity index (χ1v) is 22.3. The first kappa shape index (κ1) is 44.3. The van der Waals surface area contributed by atoms with Gasteiger partial charge in [-0.15, -0.1) is 0 Å². The fourth-order valence-electron chi connectivity index (χ4n) is 13.8. The number of aliphatic hydroxyl groups excluding tert-OH is 1. The summed E-state index contributed by atoms with van der Waals surface area (Å²) in [7, 11) is 4.16. The molecule has 0 bridgehead atoms. The molecule has 1 unspecified atom stereocenters. The maximum Gasteiger partial charge on any atom is 0.309 e. The minimum atomic E-state index is -1.17. The van der Waals surface area contributed by atoms with Crippen molar-refractivity contribution in [1.29, 1.82) is 0 Å². The molecule has 0 aromatic heterocycles. The Hall–Kier alpha value is -2.26. The smallest absolute Gasteiger partial charge is 0.309 e. The molecule has 57 heavy (non-hydrogen) atoms. The standard InChI is InChI=1S/C48H73ClN2O6/c1-30(2)40-34(52)26-48(37(53)29-51(24-23-50(10)11)28-31-13-12-14-32(49)25-31)22-21-46(8)33(41(40)48)15-16-36-45(7)19-18-38(57-39(54)27-43(3,4)42(55)56)44(5,6)35(45)17-20-47(36,46)9/h12-14,25,30,33,35-38,53H,15-24,26-29H2,1-11H3,(H,55,56)/t33-,35-,36+,37-,38-,45-,46?,47+,48+/m0/s1. The van der Waals surface area contributed by atoms with Crippen LogP contribution in [0.3, 0.4) is 0 Å². The van der Waals surface area contributed by atoms with Crippen LogP contribution in [0.25, 0.3) is 0 Å². The number of carbonyl (C=O) groups excluding carboxylic acids is 2. The van der Waals surface area contributed by atoms with E-state index in [4.69, 9.17) is 16.3 Å². The predicted octanol–water partition coefficient (Wildman–Crippen LogP) is 9.46. The Morgan fingerprint density at radius 3 is 2.28 bits per heavy atom. The van der Waals surface area contributed by atoms with Crippen LogP contribution in [0.1, 0.15) is 132 Å². The van der Waals surface area contributed by atoms with Gasteiger partial charge < -0.3 is 19.8 Å². The number of ketones is 1. The minimum absolute atomic E-state index is 0.0333. The molecular formula is C48H73ClN2O6. The van der Waals surface area contributed by atoms with Crippen LogP contribution >= 0.6 is 11.6 Å². The van der Waals surface area contributed by atoms with Crippen LogP contribution in [0, 0.1) is 56.2 Å². The molecule has 5 aliphatic rings. The number of likely N-dealkylation sites (N-methyl/N-ethyl adjacent to an activating group) is 1. The van der Waals surface area contributed by atoms with E-state index < -0.39 is 28.9 Å². The summed E-state index contributed by atoms with van der Waals surface area (Å²) in [6.45, 7) is 22.6. The van der Waals surface area contributed by atoms with E-state index in [0.29, 0.717) is 36.4 Å². The summed E-state index contributed by atoms with van der Waals surface area (Å²) in [5.74, 6) is -0.00895. The second-order valence-corrected chi connectivity index (χ2v) is 22.2. The number of hydrogen-bond donors (Lipinski definition) is 2. The van der Waals surface area contributed by atoms with Crippen molar-refractivity contribution in [1.82, 2.24) is 9.80 Å². The van der Waals surface area contributed by atoms with Gasteiger partial charge >= 0.3 is 11.9 Å². The molecule has 0 aliphatic heterocycles. The Morgan fingerprint density at radius 1 is 0.947 bits per heavy atom. The predicted molar refractivity (Wildman–Crippen MR) is 227 cm³/mol. The monoisotopic (exact) mass is 809 g/mol. The van der Waals surface area contributed by atoms with Crippen LogP contribution in [-0.2, 0) is 25.7 Å². The van der Waals surface area contributed by atoms with Crippen LogP contribution in [0.5, 0.6) is 0 Å². The molecule has 318 valence electrons. The zero-order chi connectivity index (χ0) is 42.1. The fraction of sp³-hybridized carbons (Fsp3) is 0.771. The average Bonchev–Trinajstić information content (AvgIpc) is 3.42. The Labute approximate surface area is 348 Å². The van der Waals surface area contributed by atoms with Gasteiger partial charge in [-0.05, 0) is 142 Å². The number of nitrogens with zero attached hydrogens (tertiary/aromatic N) is 2. The molecule has 9 atom stereocenters. The molecule has 8 nitrogen and oxygen atoms in total. The van der Waals surface area contributed by atoms with E-state index in [9.17, 15) is 24.6 Å². The van der Waals surface area contributed by atoms with E-state index in [1.807, 2.05) is 18.2 Å². The molecule has 6 rings (SSSR count). The van der Waals surface area contributed by atoms with E-state index >= 15 is 0 Å². The molecule has 1 aromatic carbocycles. The average molecular weight is 810 g/mol. The largest absolute Gasteiger partial charge is 0.481 e. The van der Waals surface area contributed by atoms with Crippen LogP contribution < -0.4 is 0 Å². The number of carboxylic acids is 1. The van der Waals surface area contributed by atoms with E-state index in [-0.39, 0.29) is 51.8 Å². The summed E-state index contributed by atoms with van der Waals surface area (Å²) in [5.41, 5.74) is 1.48. The molecule has 0 amide bonds. The van der Waals surface area contributed by atoms with Crippen molar-refractivity contribution >= 4 is 29.3 Å². The lowest BCUT2D eigenvalue weighted by molar-refractivity contribution is -0.235. The maximum absolute atomic E-state index is 14.3. The number of allylic oxidation sites excluding steroid dienone is 1. The van der Waals surface area contributed by atoms with Gasteiger partial charge in [-0.25, -0.2) is 0 Å². The van der Waals surface area contributed by atoms with Crippen LogP contribution in [0.15, 0.2) is 35.4 Å². The maximum atomic E-state index is 14.3. The topological polar surface area (TPSA) is 107 Å². The highest BCUT2D eigenvalue weighted by Crippen LogP contribution is 2.77. The number of halogens is 1. The van der Waals surface area contributed by atoms with Gasteiger partial charge in [0.25, 0.3) is 0 Å². The third-order valence-corrected chi connectivity index (χ3v) is 17.3. The fourth-order valence-corrected chi connectivity index (χ4v) is 14.0. The van der Waals surface area contributed by atoms with Crippen molar-refractivity contribution < 1.29 is 29.3 Å². The molecule has 0 spiro atoms. The Bertz CT molecular complexity index is 1750. The summed E-state index contributed by atoms with van der Waals surface area (Å²) in [4.78, 5) is 43.8. The van der Waals surface area contributed by atoms with E-state index in [1.165, 1.54) is 5.57 Å². The number of rotatable bonds is 13. The molecule has 4 saturated carbocycles. The lowest BCUT2D eigenvalue weighted by Gasteiger charge is -2.72. The van der Waals surface area contributed by atoms with Crippen molar-refractivity contribution in [2.24, 2.45) is 56.2 Å². The van der Waals surface area contributed by atoms with Crippen molar-refractivity contribution in [2.75, 3.05) is 33.7 Å². The molecule has 9 heteroatoms. The number of aliphatic carboxylic acids is 1.